The maximum atomic E-state index is 7.94. The van der Waals surface area contributed by atoms with Gasteiger partial charge in [-0.1, -0.05) is 0 Å². The Morgan fingerprint density at radius 1 is 1.25 bits per heavy atom. The Labute approximate surface area is 103 Å². The van der Waals surface area contributed by atoms with Crippen molar-refractivity contribution < 1.29 is 55.1 Å². The second-order valence-electron chi connectivity index (χ2n) is 0. The van der Waals surface area contributed by atoms with Crippen LogP contribution in [0.4, 0.5) is 0 Å². The Hall–Kier alpha value is 3.14. The fraction of sp³-hybridized carbons (Fsp3) is 0. The van der Waals surface area contributed by atoms with Crippen molar-refractivity contribution in [3.8, 4) is 0 Å². The molecule has 0 aliphatic rings. The van der Waals surface area contributed by atoms with Gasteiger partial charge in [-0.2, -0.15) is 0 Å². The minimum absolute atomic E-state index is 0. The van der Waals surface area contributed by atoms with E-state index >= 15 is 0 Å². The van der Waals surface area contributed by atoms with Crippen molar-refractivity contribution in [2.45, 2.75) is 0 Å². The predicted octanol–water partition coefficient (Wildman–Crippen LogP) is -0.770. The fourth-order valence-corrected chi connectivity index (χ4v) is 0. The summed E-state index contributed by atoms with van der Waals surface area (Å²) in [6, 6.07) is 0. The summed E-state index contributed by atoms with van der Waals surface area (Å²) in [4.78, 5) is 0. The zero-order valence-electron chi connectivity index (χ0n) is 1.32. The first kappa shape index (κ1) is 15.7. The van der Waals surface area contributed by atoms with E-state index in [1.807, 2.05) is 0 Å². The topological polar surface area (TPSA) is 17.1 Å². The SMILES string of the molecule is [KH].[La].[O]=[Co]. The molecular formula is HCoKLaO. The van der Waals surface area contributed by atoms with Crippen molar-refractivity contribution in [1.29, 1.82) is 0 Å². The van der Waals surface area contributed by atoms with Gasteiger partial charge in [-0.05, 0) is 0 Å². The summed E-state index contributed by atoms with van der Waals surface area (Å²) in [6.07, 6.45) is 0. The van der Waals surface area contributed by atoms with Crippen LogP contribution in [0.1, 0.15) is 0 Å². The van der Waals surface area contributed by atoms with Gasteiger partial charge >= 0.3 is 70.9 Å². The summed E-state index contributed by atoms with van der Waals surface area (Å²) in [5, 5.41) is 0. The molecule has 1 radical (unpaired) electrons. The molecule has 0 aliphatic carbocycles. The third-order valence-electron chi connectivity index (χ3n) is 0. The van der Waals surface area contributed by atoms with Gasteiger partial charge in [-0.15, -0.1) is 0 Å². The van der Waals surface area contributed by atoms with Gasteiger partial charge in [0.1, 0.15) is 0 Å². The Bertz CT molecular complexity index is 8.00. The monoisotopic (exact) mass is 254 g/mol. The summed E-state index contributed by atoms with van der Waals surface area (Å²) in [6.45, 7) is 0. The van der Waals surface area contributed by atoms with Gasteiger partial charge in [0.15, 0.2) is 0 Å². The van der Waals surface area contributed by atoms with E-state index in [4.69, 9.17) is 3.87 Å². The van der Waals surface area contributed by atoms with E-state index in [0.717, 1.165) is 0 Å². The molecule has 4 heteroatoms. The molecule has 0 heterocycles. The van der Waals surface area contributed by atoms with Crippen LogP contribution >= 0.6 is 0 Å². The van der Waals surface area contributed by atoms with Crippen LogP contribution in [0.25, 0.3) is 0 Å². The molecular weight excluding hydrogens is 253 g/mol. The number of rotatable bonds is 0. The molecule has 0 saturated heterocycles. The second kappa shape index (κ2) is 16.5. The molecule has 1 nitrogen and oxygen atoms in total. The quantitative estimate of drug-likeness (QED) is 0.519. The van der Waals surface area contributed by atoms with Gasteiger partial charge in [-0.25, -0.2) is 0 Å². The van der Waals surface area contributed by atoms with Crippen LogP contribution in [0, 0.1) is 35.6 Å². The van der Waals surface area contributed by atoms with Crippen molar-refractivity contribution >= 4 is 51.4 Å². The van der Waals surface area contributed by atoms with Crippen molar-refractivity contribution in [2.24, 2.45) is 0 Å². The minimum atomic E-state index is 0. The molecule has 0 atom stereocenters. The molecule has 0 aromatic carbocycles. The molecule has 0 amide bonds. The van der Waals surface area contributed by atoms with Crippen LogP contribution in [-0.4, -0.2) is 51.4 Å². The summed E-state index contributed by atoms with van der Waals surface area (Å²) >= 11 is 2.31. The normalized spacial score (nSPS) is 1.25. The molecule has 20 valence electrons. The van der Waals surface area contributed by atoms with E-state index < -0.39 is 0 Å². The summed E-state index contributed by atoms with van der Waals surface area (Å²) in [7, 11) is 0. The fourth-order valence-electron chi connectivity index (χ4n) is 0. The van der Waals surface area contributed by atoms with Crippen LogP contribution in [0.3, 0.4) is 0 Å². The van der Waals surface area contributed by atoms with E-state index in [9.17, 15) is 0 Å². The summed E-state index contributed by atoms with van der Waals surface area (Å²) < 4.78 is 7.94. The molecule has 0 unspecified atom stereocenters. The Morgan fingerprint density at radius 2 is 1.25 bits per heavy atom. The van der Waals surface area contributed by atoms with Crippen LogP contribution in [0.15, 0.2) is 0 Å². The van der Waals surface area contributed by atoms with E-state index in [0.29, 0.717) is 0 Å². The van der Waals surface area contributed by atoms with E-state index in [-0.39, 0.29) is 87.0 Å². The molecule has 0 rings (SSSR count). The van der Waals surface area contributed by atoms with Crippen molar-refractivity contribution in [3.05, 3.63) is 0 Å². The zero-order chi connectivity index (χ0) is 2.00. The van der Waals surface area contributed by atoms with E-state index in [1.165, 1.54) is 0 Å². The van der Waals surface area contributed by atoms with Crippen LogP contribution in [0.5, 0.6) is 0 Å². The Morgan fingerprint density at radius 3 is 1.25 bits per heavy atom. The third-order valence-corrected chi connectivity index (χ3v) is 0. The van der Waals surface area contributed by atoms with E-state index in [1.54, 1.807) is 0 Å². The van der Waals surface area contributed by atoms with Gasteiger partial charge in [0.05, 0.1) is 0 Å². The van der Waals surface area contributed by atoms with Crippen molar-refractivity contribution in [2.75, 3.05) is 0 Å². The molecule has 0 N–H and O–H groups in total. The van der Waals surface area contributed by atoms with Gasteiger partial charge < -0.3 is 0 Å². The summed E-state index contributed by atoms with van der Waals surface area (Å²) in [5.74, 6) is 0. The molecule has 0 aliphatic heterocycles. The molecule has 0 aromatic heterocycles. The predicted molar refractivity (Wildman–Crippen MR) is 7.84 cm³/mol. The maximum absolute atomic E-state index is 7.94. The van der Waals surface area contributed by atoms with E-state index in [2.05, 4.69) is 15.7 Å². The standard InChI is InChI=1S/Co.K.La.O.H. The molecule has 0 fully saturated rings. The Balaban J connectivity index is -0.00000000500. The first-order chi connectivity index (χ1) is 1.00. The van der Waals surface area contributed by atoms with Crippen molar-refractivity contribution in [3.63, 3.8) is 0 Å². The van der Waals surface area contributed by atoms with Crippen LogP contribution < -0.4 is 0 Å². The van der Waals surface area contributed by atoms with Gasteiger partial charge in [0, 0.05) is 35.6 Å². The second-order valence-corrected chi connectivity index (χ2v) is 0. The number of hydrogen-bond acceptors (Lipinski definition) is 1. The third kappa shape index (κ3) is 8.93. The van der Waals surface area contributed by atoms with Crippen LogP contribution in [0.2, 0.25) is 0 Å². The van der Waals surface area contributed by atoms with Crippen molar-refractivity contribution in [1.82, 2.24) is 0 Å². The molecule has 4 heavy (non-hydrogen) atoms. The summed E-state index contributed by atoms with van der Waals surface area (Å²) in [5.41, 5.74) is 0. The Kier molecular flexibility index (Phi) is 64.6. The zero-order valence-corrected chi connectivity index (χ0v) is 5.99. The van der Waals surface area contributed by atoms with Gasteiger partial charge in [-0.3, -0.25) is 0 Å². The molecule has 0 bridgehead atoms. The number of hydrogen-bond donors (Lipinski definition) is 0. The average molecular weight is 254 g/mol. The molecule has 0 aromatic rings. The average Bonchev–Trinajstić information content (AvgIpc) is 1.00. The first-order valence-corrected chi connectivity index (χ1v) is 0.561. The first-order valence-electron chi connectivity index (χ1n) is 0.136. The molecule has 0 spiro atoms. The van der Waals surface area contributed by atoms with Gasteiger partial charge in [0.2, 0.25) is 0 Å². The molecule has 0 saturated carbocycles. The van der Waals surface area contributed by atoms with Gasteiger partial charge in [0.25, 0.3) is 0 Å². The van der Waals surface area contributed by atoms with Crippen LogP contribution in [-0.2, 0) is 19.5 Å².